The van der Waals surface area contributed by atoms with Crippen LogP contribution >= 0.6 is 11.8 Å². The fourth-order valence-electron chi connectivity index (χ4n) is 3.24. The molecule has 3 aromatic carbocycles. The summed E-state index contributed by atoms with van der Waals surface area (Å²) in [4.78, 5) is 0. The fourth-order valence-corrected chi connectivity index (χ4v) is 4.32. The SMILES string of the molecule is Cc1cc(-c2ccccc2)cc(C)c1C1=NN(c2ccccc2)CS1. The molecule has 0 aromatic heterocycles. The lowest BCUT2D eigenvalue weighted by atomic mass is 9.96. The highest BCUT2D eigenvalue weighted by atomic mass is 32.2. The molecule has 124 valence electrons. The van der Waals surface area contributed by atoms with E-state index in [1.165, 1.54) is 27.8 Å². The van der Waals surface area contributed by atoms with Crippen molar-refractivity contribution in [2.45, 2.75) is 13.8 Å². The van der Waals surface area contributed by atoms with Gasteiger partial charge in [-0.3, -0.25) is 5.01 Å². The smallest absolute Gasteiger partial charge is 0.126 e. The molecule has 0 radical (unpaired) electrons. The molecule has 0 fully saturated rings. The number of aryl methyl sites for hydroxylation is 2. The number of anilines is 1. The zero-order chi connectivity index (χ0) is 17.2. The molecule has 3 aromatic rings. The molecular formula is C22H20N2S. The first kappa shape index (κ1) is 16.0. The number of para-hydroxylation sites is 1. The number of rotatable bonds is 3. The van der Waals surface area contributed by atoms with Crippen LogP contribution in [-0.4, -0.2) is 10.9 Å². The maximum Gasteiger partial charge on any atom is 0.126 e. The first-order chi connectivity index (χ1) is 12.2. The summed E-state index contributed by atoms with van der Waals surface area (Å²) in [7, 11) is 0. The van der Waals surface area contributed by atoms with Crippen molar-refractivity contribution in [1.29, 1.82) is 0 Å². The van der Waals surface area contributed by atoms with Gasteiger partial charge in [0.25, 0.3) is 0 Å². The fraction of sp³-hybridized carbons (Fsp3) is 0.136. The molecule has 0 bridgehead atoms. The predicted molar refractivity (Wildman–Crippen MR) is 109 cm³/mol. The van der Waals surface area contributed by atoms with E-state index >= 15 is 0 Å². The summed E-state index contributed by atoms with van der Waals surface area (Å²) in [5.74, 6) is 0.860. The molecule has 2 nitrogen and oxygen atoms in total. The van der Waals surface area contributed by atoms with Crippen LogP contribution in [0.15, 0.2) is 77.9 Å². The molecule has 1 aliphatic heterocycles. The number of hydrazone groups is 1. The lowest BCUT2D eigenvalue weighted by Gasteiger charge is -2.13. The van der Waals surface area contributed by atoms with Crippen LogP contribution in [-0.2, 0) is 0 Å². The van der Waals surface area contributed by atoms with Gasteiger partial charge in [0.05, 0.1) is 11.6 Å². The molecule has 0 saturated carbocycles. The first-order valence-corrected chi connectivity index (χ1v) is 9.42. The van der Waals surface area contributed by atoms with Gasteiger partial charge in [-0.25, -0.2) is 0 Å². The Kier molecular flexibility index (Phi) is 4.33. The van der Waals surface area contributed by atoms with E-state index in [2.05, 4.69) is 85.6 Å². The average molecular weight is 344 g/mol. The molecule has 0 spiro atoms. The molecule has 3 heteroatoms. The summed E-state index contributed by atoms with van der Waals surface area (Å²) < 4.78 is 0. The second kappa shape index (κ2) is 6.77. The van der Waals surface area contributed by atoms with Crippen molar-refractivity contribution < 1.29 is 0 Å². The third kappa shape index (κ3) is 3.20. The zero-order valence-electron chi connectivity index (χ0n) is 14.4. The van der Waals surface area contributed by atoms with Crippen LogP contribution in [0.25, 0.3) is 11.1 Å². The van der Waals surface area contributed by atoms with Gasteiger partial charge in [0.1, 0.15) is 5.04 Å². The summed E-state index contributed by atoms with van der Waals surface area (Å²) in [5.41, 5.74) is 7.49. The van der Waals surface area contributed by atoms with Gasteiger partial charge in [0.2, 0.25) is 0 Å². The maximum atomic E-state index is 4.87. The molecule has 4 rings (SSSR count). The Bertz CT molecular complexity index is 894. The van der Waals surface area contributed by atoms with Crippen LogP contribution in [0.1, 0.15) is 16.7 Å². The van der Waals surface area contributed by atoms with E-state index < -0.39 is 0 Å². The largest absolute Gasteiger partial charge is 0.254 e. The Morgan fingerprint density at radius 1 is 0.800 bits per heavy atom. The van der Waals surface area contributed by atoms with E-state index in [0.717, 1.165) is 16.6 Å². The van der Waals surface area contributed by atoms with E-state index in [-0.39, 0.29) is 0 Å². The molecule has 25 heavy (non-hydrogen) atoms. The van der Waals surface area contributed by atoms with Gasteiger partial charge >= 0.3 is 0 Å². The molecule has 0 atom stereocenters. The Morgan fingerprint density at radius 2 is 1.40 bits per heavy atom. The highest BCUT2D eigenvalue weighted by Gasteiger charge is 2.21. The van der Waals surface area contributed by atoms with E-state index in [4.69, 9.17) is 5.10 Å². The van der Waals surface area contributed by atoms with Crippen molar-refractivity contribution in [3.05, 3.63) is 89.5 Å². The van der Waals surface area contributed by atoms with Crippen LogP contribution in [0, 0.1) is 13.8 Å². The highest BCUT2D eigenvalue weighted by Crippen LogP contribution is 2.32. The van der Waals surface area contributed by atoms with Crippen molar-refractivity contribution in [3.8, 4) is 11.1 Å². The molecule has 0 N–H and O–H groups in total. The van der Waals surface area contributed by atoms with Gasteiger partial charge in [0.15, 0.2) is 0 Å². The standard InChI is InChI=1S/C22H20N2S/c1-16-13-19(18-9-5-3-6-10-18)14-17(2)21(16)22-23-24(15-25-22)20-11-7-4-8-12-20/h3-14H,15H2,1-2H3. The molecule has 0 amide bonds. The Labute approximate surface area is 153 Å². The van der Waals surface area contributed by atoms with Gasteiger partial charge in [0, 0.05) is 5.56 Å². The van der Waals surface area contributed by atoms with Crippen LogP contribution < -0.4 is 5.01 Å². The maximum absolute atomic E-state index is 4.87. The topological polar surface area (TPSA) is 15.6 Å². The van der Waals surface area contributed by atoms with Gasteiger partial charge in [-0.05, 0) is 48.2 Å². The molecule has 1 heterocycles. The third-order valence-electron chi connectivity index (χ3n) is 4.44. The van der Waals surface area contributed by atoms with Crippen LogP contribution in [0.4, 0.5) is 5.69 Å². The quantitative estimate of drug-likeness (QED) is 0.593. The predicted octanol–water partition coefficient (Wildman–Crippen LogP) is 5.84. The lowest BCUT2D eigenvalue weighted by Crippen LogP contribution is -2.10. The zero-order valence-corrected chi connectivity index (χ0v) is 15.3. The second-order valence-electron chi connectivity index (χ2n) is 6.26. The molecule has 1 aliphatic rings. The van der Waals surface area contributed by atoms with Crippen LogP contribution in [0.2, 0.25) is 0 Å². The van der Waals surface area contributed by atoms with Gasteiger partial charge in [-0.1, -0.05) is 72.4 Å². The number of hydrogen-bond donors (Lipinski definition) is 0. The normalized spacial score (nSPS) is 13.8. The van der Waals surface area contributed by atoms with Gasteiger partial charge in [-0.15, -0.1) is 0 Å². The van der Waals surface area contributed by atoms with Crippen molar-refractivity contribution >= 4 is 22.5 Å². The number of hydrogen-bond acceptors (Lipinski definition) is 3. The minimum Gasteiger partial charge on any atom is -0.254 e. The summed E-state index contributed by atoms with van der Waals surface area (Å²) in [6.45, 7) is 4.37. The summed E-state index contributed by atoms with van der Waals surface area (Å²) >= 11 is 1.80. The van der Waals surface area contributed by atoms with E-state index in [1.807, 2.05) is 6.07 Å². The third-order valence-corrected chi connectivity index (χ3v) is 5.38. The van der Waals surface area contributed by atoms with E-state index in [9.17, 15) is 0 Å². The van der Waals surface area contributed by atoms with Crippen molar-refractivity contribution in [2.75, 3.05) is 10.9 Å². The minimum atomic E-state index is 0.860. The Hall–Kier alpha value is -2.52. The lowest BCUT2D eigenvalue weighted by molar-refractivity contribution is 1.01. The van der Waals surface area contributed by atoms with Crippen LogP contribution in [0.5, 0.6) is 0 Å². The summed E-state index contributed by atoms with van der Waals surface area (Å²) in [6, 6.07) is 25.4. The van der Waals surface area contributed by atoms with E-state index in [1.54, 1.807) is 11.8 Å². The average Bonchev–Trinajstić information content (AvgIpc) is 3.12. The first-order valence-electron chi connectivity index (χ1n) is 8.43. The Balaban J connectivity index is 1.70. The molecule has 0 unspecified atom stereocenters. The molecule has 0 aliphatic carbocycles. The Morgan fingerprint density at radius 3 is 2.04 bits per heavy atom. The number of nitrogens with zero attached hydrogens (tertiary/aromatic N) is 2. The van der Waals surface area contributed by atoms with E-state index in [0.29, 0.717) is 0 Å². The highest BCUT2D eigenvalue weighted by molar-refractivity contribution is 8.14. The van der Waals surface area contributed by atoms with Gasteiger partial charge < -0.3 is 0 Å². The summed E-state index contributed by atoms with van der Waals surface area (Å²) in [6.07, 6.45) is 0. The summed E-state index contributed by atoms with van der Waals surface area (Å²) in [5, 5.41) is 8.05. The monoisotopic (exact) mass is 344 g/mol. The van der Waals surface area contributed by atoms with Crippen molar-refractivity contribution in [3.63, 3.8) is 0 Å². The van der Waals surface area contributed by atoms with Crippen LogP contribution in [0.3, 0.4) is 0 Å². The molecular weight excluding hydrogens is 324 g/mol. The number of thioether (sulfide) groups is 1. The minimum absolute atomic E-state index is 0.860. The van der Waals surface area contributed by atoms with Crippen molar-refractivity contribution in [2.24, 2.45) is 5.10 Å². The second-order valence-corrected chi connectivity index (χ2v) is 7.20. The van der Waals surface area contributed by atoms with Crippen molar-refractivity contribution in [1.82, 2.24) is 0 Å². The molecule has 0 saturated heterocycles. The van der Waals surface area contributed by atoms with Gasteiger partial charge in [-0.2, -0.15) is 5.10 Å². The number of benzene rings is 3.